The Bertz CT molecular complexity index is 830. The van der Waals surface area contributed by atoms with Crippen LogP contribution in [-0.2, 0) is 0 Å². The van der Waals surface area contributed by atoms with Gasteiger partial charge < -0.3 is 5.32 Å². The van der Waals surface area contributed by atoms with E-state index in [4.69, 9.17) is 0 Å². The second-order valence-corrected chi connectivity index (χ2v) is 5.31. The van der Waals surface area contributed by atoms with Crippen molar-refractivity contribution in [1.82, 2.24) is 4.98 Å². The molecule has 2 aromatic carbocycles. The van der Waals surface area contributed by atoms with Crippen LogP contribution in [0.1, 0.15) is 10.4 Å². The third-order valence-electron chi connectivity index (χ3n) is 3.07. The van der Waals surface area contributed by atoms with Crippen molar-refractivity contribution < 1.29 is 9.18 Å². The summed E-state index contributed by atoms with van der Waals surface area (Å²) in [6.07, 6.45) is 1.58. The number of halogens is 2. The van der Waals surface area contributed by atoms with Gasteiger partial charge in [0.15, 0.2) is 0 Å². The van der Waals surface area contributed by atoms with E-state index in [0.717, 1.165) is 10.9 Å². The molecular weight excluding hydrogens is 335 g/mol. The lowest BCUT2D eigenvalue weighted by Crippen LogP contribution is -2.13. The smallest absolute Gasteiger partial charge is 0.256 e. The van der Waals surface area contributed by atoms with Crippen LogP contribution in [0.5, 0.6) is 0 Å². The highest BCUT2D eigenvalue weighted by atomic mass is 79.9. The quantitative estimate of drug-likeness (QED) is 0.749. The summed E-state index contributed by atoms with van der Waals surface area (Å²) >= 11 is 3.29. The number of fused-ring (bicyclic) bond motifs is 1. The third-order valence-corrected chi connectivity index (χ3v) is 3.76. The number of benzene rings is 2. The van der Waals surface area contributed by atoms with E-state index in [1.807, 2.05) is 24.3 Å². The lowest BCUT2D eigenvalue weighted by atomic mass is 10.1. The molecule has 1 aromatic heterocycles. The fourth-order valence-corrected chi connectivity index (χ4v) is 2.42. The van der Waals surface area contributed by atoms with E-state index in [2.05, 4.69) is 26.2 Å². The molecule has 21 heavy (non-hydrogen) atoms. The van der Waals surface area contributed by atoms with Gasteiger partial charge in [-0.2, -0.15) is 0 Å². The van der Waals surface area contributed by atoms with Gasteiger partial charge in [0, 0.05) is 16.1 Å². The molecule has 1 N–H and O–H groups in total. The lowest BCUT2D eigenvalue weighted by Gasteiger charge is -2.09. The molecule has 0 bridgehead atoms. The number of hydrogen-bond acceptors (Lipinski definition) is 2. The van der Waals surface area contributed by atoms with Crippen LogP contribution in [0.2, 0.25) is 0 Å². The fourth-order valence-electron chi connectivity index (χ4n) is 2.08. The van der Waals surface area contributed by atoms with Gasteiger partial charge in [-0.15, -0.1) is 0 Å². The third kappa shape index (κ3) is 2.78. The summed E-state index contributed by atoms with van der Waals surface area (Å²) in [6.45, 7) is 0. The topological polar surface area (TPSA) is 42.0 Å². The van der Waals surface area contributed by atoms with Crippen LogP contribution < -0.4 is 5.32 Å². The molecule has 5 heteroatoms. The van der Waals surface area contributed by atoms with Gasteiger partial charge in [0.25, 0.3) is 5.91 Å². The number of anilines is 1. The Balaban J connectivity index is 1.99. The number of hydrogen-bond donors (Lipinski definition) is 1. The van der Waals surface area contributed by atoms with Crippen molar-refractivity contribution in [3.63, 3.8) is 0 Å². The number of nitrogens with zero attached hydrogens (tertiary/aromatic N) is 1. The number of nitrogens with one attached hydrogen (secondary N) is 1. The number of aromatic nitrogens is 1. The molecule has 0 aliphatic rings. The maximum atomic E-state index is 13.3. The van der Waals surface area contributed by atoms with Crippen molar-refractivity contribution in [2.75, 3.05) is 5.32 Å². The molecular formula is C16H10BrFN2O. The second kappa shape index (κ2) is 5.61. The van der Waals surface area contributed by atoms with Gasteiger partial charge in [-0.3, -0.25) is 9.78 Å². The highest BCUT2D eigenvalue weighted by Crippen LogP contribution is 2.24. The molecule has 0 fully saturated rings. The summed E-state index contributed by atoms with van der Waals surface area (Å²) in [5, 5.41) is 3.46. The van der Waals surface area contributed by atoms with Crippen LogP contribution in [0.3, 0.4) is 0 Å². The Kier molecular flexibility index (Phi) is 3.66. The summed E-state index contributed by atoms with van der Waals surface area (Å²) in [4.78, 5) is 16.6. The number of carbonyl (C=O) groups excluding carboxylic acids is 1. The minimum atomic E-state index is -0.409. The lowest BCUT2D eigenvalue weighted by molar-refractivity contribution is 0.102. The summed E-state index contributed by atoms with van der Waals surface area (Å²) in [7, 11) is 0. The number of para-hydroxylation sites is 1. The number of rotatable bonds is 2. The summed E-state index contributed by atoms with van der Waals surface area (Å²) in [5.74, 6) is -0.715. The molecule has 0 radical (unpaired) electrons. The largest absolute Gasteiger partial charge is 0.321 e. The van der Waals surface area contributed by atoms with E-state index in [1.54, 1.807) is 18.3 Å². The Morgan fingerprint density at radius 1 is 1.14 bits per heavy atom. The predicted molar refractivity (Wildman–Crippen MR) is 83.8 cm³/mol. The van der Waals surface area contributed by atoms with Crippen LogP contribution in [-0.4, -0.2) is 10.9 Å². The van der Waals surface area contributed by atoms with Crippen molar-refractivity contribution in [3.8, 4) is 0 Å². The van der Waals surface area contributed by atoms with Crippen LogP contribution in [0.15, 0.2) is 59.2 Å². The van der Waals surface area contributed by atoms with E-state index in [9.17, 15) is 9.18 Å². The molecule has 0 spiro atoms. The molecule has 0 saturated heterocycles. The average Bonchev–Trinajstić information content (AvgIpc) is 2.50. The van der Waals surface area contributed by atoms with Gasteiger partial charge in [-0.05, 0) is 46.3 Å². The molecule has 3 rings (SSSR count). The van der Waals surface area contributed by atoms with Gasteiger partial charge in [-0.25, -0.2) is 4.39 Å². The molecule has 0 aliphatic carbocycles. The van der Waals surface area contributed by atoms with Gasteiger partial charge in [0.1, 0.15) is 5.82 Å². The average molecular weight is 345 g/mol. The SMILES string of the molecule is O=C(Nc1cc(F)ccc1Br)c1ccnc2ccccc12. The fraction of sp³-hybridized carbons (Fsp3) is 0. The van der Waals surface area contributed by atoms with Crippen LogP contribution >= 0.6 is 15.9 Å². The standard InChI is InChI=1S/C16H10BrFN2O/c17-13-6-5-10(18)9-15(13)20-16(21)12-7-8-19-14-4-2-1-3-11(12)14/h1-9H,(H,20,21). The molecule has 0 unspecified atom stereocenters. The summed E-state index contributed by atoms with van der Waals surface area (Å²) < 4.78 is 13.9. The Hall–Kier alpha value is -2.27. The summed E-state index contributed by atoms with van der Waals surface area (Å²) in [6, 6.07) is 13.2. The molecule has 104 valence electrons. The maximum Gasteiger partial charge on any atom is 0.256 e. The molecule has 1 heterocycles. The first-order chi connectivity index (χ1) is 10.1. The Labute approximate surface area is 128 Å². The zero-order chi connectivity index (χ0) is 14.8. The predicted octanol–water partition coefficient (Wildman–Crippen LogP) is 4.39. The molecule has 3 aromatic rings. The van der Waals surface area contributed by atoms with Gasteiger partial charge >= 0.3 is 0 Å². The zero-order valence-corrected chi connectivity index (χ0v) is 12.4. The van der Waals surface area contributed by atoms with Crippen LogP contribution in [0.4, 0.5) is 10.1 Å². The molecule has 3 nitrogen and oxygen atoms in total. The van der Waals surface area contributed by atoms with Crippen LogP contribution in [0.25, 0.3) is 10.9 Å². The second-order valence-electron chi connectivity index (χ2n) is 4.45. The molecule has 1 amide bonds. The Morgan fingerprint density at radius 3 is 2.81 bits per heavy atom. The first-order valence-corrected chi connectivity index (χ1v) is 7.04. The molecule has 0 aliphatic heterocycles. The first-order valence-electron chi connectivity index (χ1n) is 6.25. The van der Waals surface area contributed by atoms with E-state index in [1.165, 1.54) is 12.1 Å². The minimum Gasteiger partial charge on any atom is -0.321 e. The van der Waals surface area contributed by atoms with Gasteiger partial charge in [0.2, 0.25) is 0 Å². The molecule has 0 saturated carbocycles. The van der Waals surface area contributed by atoms with Crippen molar-refractivity contribution in [3.05, 3.63) is 70.6 Å². The van der Waals surface area contributed by atoms with Crippen LogP contribution in [0, 0.1) is 5.82 Å². The van der Waals surface area contributed by atoms with Gasteiger partial charge in [0.05, 0.1) is 16.8 Å². The van der Waals surface area contributed by atoms with E-state index < -0.39 is 5.82 Å². The van der Waals surface area contributed by atoms with Crippen molar-refractivity contribution in [2.24, 2.45) is 0 Å². The number of amides is 1. The monoisotopic (exact) mass is 344 g/mol. The number of carbonyl (C=O) groups is 1. The number of pyridine rings is 1. The highest BCUT2D eigenvalue weighted by molar-refractivity contribution is 9.10. The normalized spacial score (nSPS) is 10.6. The van der Waals surface area contributed by atoms with E-state index in [-0.39, 0.29) is 5.91 Å². The first kappa shape index (κ1) is 13.7. The summed E-state index contributed by atoms with van der Waals surface area (Å²) in [5.41, 5.74) is 1.63. The van der Waals surface area contributed by atoms with E-state index >= 15 is 0 Å². The minimum absolute atomic E-state index is 0.306. The van der Waals surface area contributed by atoms with E-state index in [0.29, 0.717) is 15.7 Å². The van der Waals surface area contributed by atoms with Crippen molar-refractivity contribution in [1.29, 1.82) is 0 Å². The van der Waals surface area contributed by atoms with Gasteiger partial charge in [-0.1, -0.05) is 18.2 Å². The zero-order valence-electron chi connectivity index (χ0n) is 10.8. The highest BCUT2D eigenvalue weighted by Gasteiger charge is 2.12. The molecule has 0 atom stereocenters. The maximum absolute atomic E-state index is 13.3. The van der Waals surface area contributed by atoms with Crippen molar-refractivity contribution >= 4 is 38.4 Å². The van der Waals surface area contributed by atoms with Crippen molar-refractivity contribution in [2.45, 2.75) is 0 Å². The Morgan fingerprint density at radius 2 is 1.95 bits per heavy atom.